The minimum absolute atomic E-state index is 0. The predicted octanol–water partition coefficient (Wildman–Crippen LogP) is 4.45. The van der Waals surface area contributed by atoms with E-state index < -0.39 is 0 Å². The predicted molar refractivity (Wildman–Crippen MR) is 140 cm³/mol. The molecule has 1 fully saturated rings. The molecule has 172 valence electrons. The summed E-state index contributed by atoms with van der Waals surface area (Å²) in [6.07, 6.45) is 2.76. The van der Waals surface area contributed by atoms with Gasteiger partial charge in [0, 0.05) is 50.2 Å². The van der Waals surface area contributed by atoms with Gasteiger partial charge >= 0.3 is 0 Å². The lowest BCUT2D eigenvalue weighted by molar-refractivity contribution is -0.116. The van der Waals surface area contributed by atoms with Crippen LogP contribution >= 0.6 is 24.0 Å². The van der Waals surface area contributed by atoms with Gasteiger partial charge in [-0.1, -0.05) is 48.5 Å². The average molecular weight is 548 g/mol. The monoisotopic (exact) mass is 548 g/mol. The Morgan fingerprint density at radius 1 is 1.12 bits per heavy atom. The number of para-hydroxylation sites is 1. The molecule has 3 unspecified atom stereocenters. The first-order chi connectivity index (χ1) is 15.2. The first-order valence-corrected chi connectivity index (χ1v) is 11.3. The van der Waals surface area contributed by atoms with E-state index in [2.05, 4.69) is 53.2 Å². The molecule has 0 spiro atoms. The van der Waals surface area contributed by atoms with E-state index in [-0.39, 0.29) is 41.9 Å². The summed E-state index contributed by atoms with van der Waals surface area (Å²) in [5.41, 5.74) is 3.32. The van der Waals surface area contributed by atoms with E-state index in [4.69, 9.17) is 9.73 Å². The van der Waals surface area contributed by atoms with E-state index in [1.165, 1.54) is 11.1 Å². The molecule has 3 N–H and O–H groups in total. The largest absolute Gasteiger partial charge is 0.373 e. The lowest BCUT2D eigenvalue weighted by atomic mass is 9.89. The zero-order valence-corrected chi connectivity index (χ0v) is 20.9. The van der Waals surface area contributed by atoms with Gasteiger partial charge in [0.15, 0.2) is 5.96 Å². The van der Waals surface area contributed by atoms with Crippen LogP contribution in [0.5, 0.6) is 0 Å². The molecule has 2 aromatic carbocycles. The number of nitrogens with zero attached hydrogens (tertiary/aromatic N) is 1. The van der Waals surface area contributed by atoms with Crippen LogP contribution < -0.4 is 16.0 Å². The van der Waals surface area contributed by atoms with Crippen molar-refractivity contribution in [2.75, 3.05) is 31.6 Å². The van der Waals surface area contributed by atoms with Gasteiger partial charge in [0.1, 0.15) is 0 Å². The summed E-state index contributed by atoms with van der Waals surface area (Å²) in [6.45, 7) is 5.03. The maximum absolute atomic E-state index is 12.1. The lowest BCUT2D eigenvalue weighted by Crippen LogP contribution is -2.41. The van der Waals surface area contributed by atoms with Crippen LogP contribution in [0.2, 0.25) is 0 Å². The van der Waals surface area contributed by atoms with Crippen LogP contribution in [-0.4, -0.2) is 38.1 Å². The quantitative estimate of drug-likeness (QED) is 0.283. The number of carbonyl (C=O) groups excluding carboxylic acids is 1. The molecule has 0 aromatic heterocycles. The van der Waals surface area contributed by atoms with Gasteiger partial charge in [0.2, 0.25) is 5.91 Å². The second kappa shape index (κ2) is 12.2. The highest BCUT2D eigenvalue weighted by atomic mass is 127. The molecule has 2 aliphatic rings. The van der Waals surface area contributed by atoms with Gasteiger partial charge in [0.05, 0.1) is 6.10 Å². The molecular weight excluding hydrogens is 515 g/mol. The molecule has 2 aliphatic heterocycles. The Morgan fingerprint density at radius 3 is 2.72 bits per heavy atom. The van der Waals surface area contributed by atoms with Gasteiger partial charge in [-0.3, -0.25) is 9.79 Å². The Kier molecular flexibility index (Phi) is 9.35. The van der Waals surface area contributed by atoms with Gasteiger partial charge in [-0.2, -0.15) is 0 Å². The zero-order valence-electron chi connectivity index (χ0n) is 18.5. The molecule has 2 heterocycles. The van der Waals surface area contributed by atoms with Crippen LogP contribution in [0.4, 0.5) is 5.69 Å². The molecule has 4 rings (SSSR count). The molecule has 0 aliphatic carbocycles. The summed E-state index contributed by atoms with van der Waals surface area (Å²) in [6, 6.07) is 18.5. The highest BCUT2D eigenvalue weighted by molar-refractivity contribution is 14.0. The van der Waals surface area contributed by atoms with Crippen molar-refractivity contribution in [1.82, 2.24) is 10.6 Å². The van der Waals surface area contributed by atoms with Crippen molar-refractivity contribution in [3.8, 4) is 0 Å². The van der Waals surface area contributed by atoms with Crippen LogP contribution in [0.1, 0.15) is 49.3 Å². The minimum atomic E-state index is 0. The number of anilines is 1. The zero-order chi connectivity index (χ0) is 21.5. The highest BCUT2D eigenvalue weighted by Crippen LogP contribution is 2.34. The number of hydrogen-bond acceptors (Lipinski definition) is 3. The van der Waals surface area contributed by atoms with Crippen molar-refractivity contribution in [2.24, 2.45) is 10.9 Å². The Balaban J connectivity index is 0.00000289. The van der Waals surface area contributed by atoms with Crippen LogP contribution in [0.3, 0.4) is 0 Å². The van der Waals surface area contributed by atoms with Gasteiger partial charge in [0.25, 0.3) is 0 Å². The van der Waals surface area contributed by atoms with Crippen LogP contribution in [0, 0.1) is 5.92 Å². The number of halogens is 1. The molecule has 1 saturated heterocycles. The number of fused-ring (bicyclic) bond motifs is 1. The third-order valence-electron chi connectivity index (χ3n) is 6.02. The maximum Gasteiger partial charge on any atom is 0.225 e. The molecule has 3 atom stereocenters. The standard InChI is InChI=1S/C25H32N4O2.HI/c1-2-26-25(28-17-20-15-23(30)29-22-13-7-6-12-21(20)22)27-16-19-11-8-14-31-24(19)18-9-4-3-5-10-18;/h3-7,9-10,12-13,19-20,24H,2,8,11,14-17H2,1H3,(H,29,30)(H2,26,27,28);1H. The summed E-state index contributed by atoms with van der Waals surface area (Å²) in [5, 5.41) is 9.78. The number of ether oxygens (including phenoxy) is 1. The van der Waals surface area contributed by atoms with Crippen molar-refractivity contribution < 1.29 is 9.53 Å². The summed E-state index contributed by atoms with van der Waals surface area (Å²) in [7, 11) is 0. The number of guanidine groups is 1. The Bertz CT molecular complexity index is 906. The van der Waals surface area contributed by atoms with E-state index >= 15 is 0 Å². The van der Waals surface area contributed by atoms with Crippen LogP contribution in [0.25, 0.3) is 0 Å². The highest BCUT2D eigenvalue weighted by Gasteiger charge is 2.28. The van der Waals surface area contributed by atoms with Crippen molar-refractivity contribution in [3.05, 3.63) is 65.7 Å². The van der Waals surface area contributed by atoms with E-state index in [0.717, 1.165) is 37.6 Å². The van der Waals surface area contributed by atoms with E-state index in [9.17, 15) is 4.79 Å². The van der Waals surface area contributed by atoms with Gasteiger partial charge in [-0.25, -0.2) is 0 Å². The molecule has 0 bridgehead atoms. The van der Waals surface area contributed by atoms with Crippen molar-refractivity contribution >= 4 is 41.5 Å². The molecule has 0 saturated carbocycles. The number of aliphatic imine (C=N–C) groups is 1. The first kappa shape index (κ1) is 24.5. The Morgan fingerprint density at radius 2 is 1.91 bits per heavy atom. The molecule has 32 heavy (non-hydrogen) atoms. The smallest absolute Gasteiger partial charge is 0.225 e. The molecule has 1 amide bonds. The topological polar surface area (TPSA) is 74.8 Å². The number of benzene rings is 2. The second-order valence-corrected chi connectivity index (χ2v) is 8.24. The summed E-state index contributed by atoms with van der Waals surface area (Å²) < 4.78 is 6.12. The third-order valence-corrected chi connectivity index (χ3v) is 6.02. The van der Waals surface area contributed by atoms with E-state index in [0.29, 0.717) is 25.4 Å². The van der Waals surface area contributed by atoms with Gasteiger partial charge in [-0.15, -0.1) is 24.0 Å². The molecular formula is C25H33IN4O2. The number of rotatable bonds is 6. The average Bonchev–Trinajstić information content (AvgIpc) is 2.81. The lowest BCUT2D eigenvalue weighted by Gasteiger charge is -2.31. The number of amides is 1. The fourth-order valence-electron chi connectivity index (χ4n) is 4.50. The number of nitrogens with one attached hydrogen (secondary N) is 3. The normalized spacial score (nSPS) is 22.8. The molecule has 0 radical (unpaired) electrons. The fourth-order valence-corrected chi connectivity index (χ4v) is 4.50. The van der Waals surface area contributed by atoms with Gasteiger partial charge < -0.3 is 20.7 Å². The Labute approximate surface area is 207 Å². The number of carbonyl (C=O) groups is 1. The summed E-state index contributed by atoms with van der Waals surface area (Å²) >= 11 is 0. The van der Waals surface area contributed by atoms with E-state index in [1.807, 2.05) is 24.3 Å². The summed E-state index contributed by atoms with van der Waals surface area (Å²) in [5.74, 6) is 1.34. The van der Waals surface area contributed by atoms with Crippen molar-refractivity contribution in [3.63, 3.8) is 0 Å². The third kappa shape index (κ3) is 6.22. The number of hydrogen-bond donors (Lipinski definition) is 3. The molecule has 6 nitrogen and oxygen atoms in total. The Hall–Kier alpha value is -2.13. The van der Waals surface area contributed by atoms with E-state index in [1.54, 1.807) is 0 Å². The molecule has 7 heteroatoms. The maximum atomic E-state index is 12.1. The second-order valence-electron chi connectivity index (χ2n) is 8.24. The fraction of sp³-hybridized carbons (Fsp3) is 0.440. The summed E-state index contributed by atoms with van der Waals surface area (Å²) in [4.78, 5) is 17.0. The van der Waals surface area contributed by atoms with Crippen LogP contribution in [0.15, 0.2) is 59.6 Å². The van der Waals surface area contributed by atoms with Crippen molar-refractivity contribution in [2.45, 2.75) is 38.2 Å². The van der Waals surface area contributed by atoms with Gasteiger partial charge in [-0.05, 0) is 37.0 Å². The SMILES string of the molecule is CCNC(=NCC1CCCOC1c1ccccc1)NCC1CC(=O)Nc2ccccc21.I. The van der Waals surface area contributed by atoms with Crippen LogP contribution in [-0.2, 0) is 9.53 Å². The molecule has 2 aromatic rings. The first-order valence-electron chi connectivity index (χ1n) is 11.3. The minimum Gasteiger partial charge on any atom is -0.373 e. The van der Waals surface area contributed by atoms with Crippen molar-refractivity contribution in [1.29, 1.82) is 0 Å².